The highest BCUT2D eigenvalue weighted by Crippen LogP contribution is 2.29. The minimum atomic E-state index is -0.648. The van der Waals surface area contributed by atoms with E-state index in [1.54, 1.807) is 36.4 Å². The molecule has 6 nitrogen and oxygen atoms in total. The van der Waals surface area contributed by atoms with Gasteiger partial charge in [0.1, 0.15) is 5.02 Å². The molecular weight excluding hydrogens is 485 g/mol. The van der Waals surface area contributed by atoms with E-state index >= 15 is 0 Å². The number of carbonyl (C=O) groups is 1. The Morgan fingerprint density at radius 1 is 0.848 bits per heavy atom. The molecule has 3 aromatic carbocycles. The molecule has 4 aromatic rings. The van der Waals surface area contributed by atoms with Gasteiger partial charge in [-0.2, -0.15) is 0 Å². The number of anilines is 1. The first-order chi connectivity index (χ1) is 15.8. The van der Waals surface area contributed by atoms with Crippen LogP contribution in [0.2, 0.25) is 15.1 Å². The number of hydrogen-bond donors (Lipinski definition) is 2. The summed E-state index contributed by atoms with van der Waals surface area (Å²) in [5.74, 6) is -0.196. The topological polar surface area (TPSA) is 84.0 Å². The van der Waals surface area contributed by atoms with Gasteiger partial charge in [-0.3, -0.25) is 19.1 Å². The molecule has 0 saturated heterocycles. The molecule has 0 bridgehead atoms. The van der Waals surface area contributed by atoms with Crippen LogP contribution in [-0.2, 0) is 11.2 Å². The number of benzene rings is 3. The van der Waals surface area contributed by atoms with E-state index in [4.69, 9.17) is 34.8 Å². The van der Waals surface area contributed by atoms with E-state index in [0.717, 1.165) is 16.7 Å². The van der Waals surface area contributed by atoms with Gasteiger partial charge in [0, 0.05) is 11.9 Å². The van der Waals surface area contributed by atoms with Crippen LogP contribution in [0, 0.1) is 0 Å². The van der Waals surface area contributed by atoms with Crippen LogP contribution in [0.3, 0.4) is 0 Å². The van der Waals surface area contributed by atoms with E-state index in [1.165, 1.54) is 10.8 Å². The van der Waals surface area contributed by atoms with Crippen molar-refractivity contribution in [3.8, 4) is 16.8 Å². The van der Waals surface area contributed by atoms with Crippen LogP contribution < -0.4 is 16.6 Å². The quantitative estimate of drug-likeness (QED) is 0.388. The summed E-state index contributed by atoms with van der Waals surface area (Å²) in [4.78, 5) is 38.1. The number of aromatic amines is 1. The number of amides is 1. The lowest BCUT2D eigenvalue weighted by Crippen LogP contribution is -2.28. The summed E-state index contributed by atoms with van der Waals surface area (Å²) in [6.07, 6.45) is 1.42. The number of nitrogens with one attached hydrogen (secondary N) is 2. The van der Waals surface area contributed by atoms with Crippen LogP contribution in [0.15, 0.2) is 82.5 Å². The Kier molecular flexibility index (Phi) is 6.70. The fourth-order valence-electron chi connectivity index (χ4n) is 3.27. The Balaban J connectivity index is 1.46. The Morgan fingerprint density at radius 3 is 2.30 bits per heavy atom. The fourth-order valence-corrected chi connectivity index (χ4v) is 3.71. The summed E-state index contributed by atoms with van der Waals surface area (Å²) in [5.41, 5.74) is 2.46. The molecule has 0 aliphatic rings. The summed E-state index contributed by atoms with van der Waals surface area (Å²) in [6.45, 7) is 0. The Labute approximate surface area is 203 Å². The van der Waals surface area contributed by atoms with Crippen molar-refractivity contribution >= 4 is 46.4 Å². The maximum atomic E-state index is 12.6. The molecule has 33 heavy (non-hydrogen) atoms. The number of carbonyl (C=O) groups excluding carboxylic acids is 1. The van der Waals surface area contributed by atoms with Gasteiger partial charge >= 0.3 is 5.69 Å². The molecule has 9 heteroatoms. The largest absolute Gasteiger partial charge is 0.332 e. The number of H-pyrrole nitrogens is 1. The molecule has 0 unspecified atom stereocenters. The molecule has 0 fully saturated rings. The predicted molar refractivity (Wildman–Crippen MR) is 132 cm³/mol. The lowest BCUT2D eigenvalue weighted by molar-refractivity contribution is -0.115. The first-order valence-electron chi connectivity index (χ1n) is 9.76. The summed E-state index contributed by atoms with van der Waals surface area (Å²) >= 11 is 17.9. The smallest absolute Gasteiger partial charge is 0.326 e. The number of nitrogens with zero attached hydrogens (tertiary/aromatic N) is 1. The normalized spacial score (nSPS) is 10.8. The average molecular weight is 501 g/mol. The first-order valence-corrected chi connectivity index (χ1v) is 10.9. The zero-order chi connectivity index (χ0) is 23.5. The van der Waals surface area contributed by atoms with Crippen LogP contribution in [-0.4, -0.2) is 15.5 Å². The first kappa shape index (κ1) is 22.9. The molecule has 4 rings (SSSR count). The van der Waals surface area contributed by atoms with E-state index in [-0.39, 0.29) is 17.4 Å². The number of rotatable bonds is 5. The highest BCUT2D eigenvalue weighted by atomic mass is 35.5. The minimum Gasteiger partial charge on any atom is -0.326 e. The predicted octanol–water partition coefficient (Wildman–Crippen LogP) is 5.33. The monoisotopic (exact) mass is 499 g/mol. The highest BCUT2D eigenvalue weighted by Gasteiger charge is 2.09. The molecule has 1 amide bonds. The molecule has 0 aliphatic carbocycles. The number of hydrogen-bond acceptors (Lipinski definition) is 3. The molecule has 1 heterocycles. The molecule has 166 valence electrons. The third-order valence-corrected chi connectivity index (χ3v) is 5.88. The number of halogens is 3. The van der Waals surface area contributed by atoms with E-state index in [9.17, 15) is 14.4 Å². The van der Waals surface area contributed by atoms with E-state index in [1.807, 2.05) is 30.3 Å². The zero-order valence-corrected chi connectivity index (χ0v) is 19.2. The summed E-state index contributed by atoms with van der Waals surface area (Å²) in [5, 5.41) is 3.68. The van der Waals surface area contributed by atoms with Gasteiger partial charge < -0.3 is 5.32 Å². The molecule has 1 aromatic heterocycles. The van der Waals surface area contributed by atoms with Gasteiger partial charge in [0.25, 0.3) is 5.56 Å². The Hall–Kier alpha value is -3.32. The van der Waals surface area contributed by atoms with Gasteiger partial charge in [-0.05, 0) is 53.1 Å². The molecular formula is C24H16Cl3N3O3. The Morgan fingerprint density at radius 2 is 1.58 bits per heavy atom. The van der Waals surface area contributed by atoms with Crippen LogP contribution in [0.4, 0.5) is 5.69 Å². The van der Waals surface area contributed by atoms with Gasteiger partial charge in [0.05, 0.1) is 22.2 Å². The van der Waals surface area contributed by atoms with Gasteiger partial charge in [-0.15, -0.1) is 0 Å². The van der Waals surface area contributed by atoms with E-state index < -0.39 is 11.2 Å². The van der Waals surface area contributed by atoms with Crippen molar-refractivity contribution in [3.63, 3.8) is 0 Å². The average Bonchev–Trinajstić information content (AvgIpc) is 2.79. The van der Waals surface area contributed by atoms with Crippen LogP contribution >= 0.6 is 34.8 Å². The standard InChI is InChI=1S/C24H16Cl3N3O3/c25-19-9-4-16(12-20(19)26)15-3-1-2-14(10-15)11-22(31)28-17-5-7-18(8-6-17)30-13-21(27)23(32)29-24(30)33/h1-10,12-13H,11H2,(H,28,31)(H,29,32,33). The van der Waals surface area contributed by atoms with Crippen molar-refractivity contribution in [2.75, 3.05) is 5.32 Å². The summed E-state index contributed by atoms with van der Waals surface area (Å²) < 4.78 is 1.21. The lowest BCUT2D eigenvalue weighted by Gasteiger charge is -2.09. The van der Waals surface area contributed by atoms with E-state index in [2.05, 4.69) is 10.3 Å². The second kappa shape index (κ2) is 9.67. The van der Waals surface area contributed by atoms with Crippen molar-refractivity contribution in [1.29, 1.82) is 0 Å². The van der Waals surface area contributed by atoms with Crippen molar-refractivity contribution < 1.29 is 4.79 Å². The third-order valence-electron chi connectivity index (χ3n) is 4.87. The molecule has 0 spiro atoms. The maximum Gasteiger partial charge on any atom is 0.332 e. The zero-order valence-electron chi connectivity index (χ0n) is 16.9. The SMILES string of the molecule is O=C(Cc1cccc(-c2ccc(Cl)c(Cl)c2)c1)Nc1ccc(-n2cc(Cl)c(=O)[nH]c2=O)cc1. The molecule has 0 aliphatic heterocycles. The summed E-state index contributed by atoms with van der Waals surface area (Å²) in [6, 6.07) is 19.6. The molecule has 0 radical (unpaired) electrons. The summed E-state index contributed by atoms with van der Waals surface area (Å²) in [7, 11) is 0. The van der Waals surface area contributed by atoms with Crippen LogP contribution in [0.5, 0.6) is 0 Å². The van der Waals surface area contributed by atoms with E-state index in [0.29, 0.717) is 21.4 Å². The van der Waals surface area contributed by atoms with Crippen molar-refractivity contribution in [2.45, 2.75) is 6.42 Å². The Bertz CT molecular complexity index is 1460. The van der Waals surface area contributed by atoms with Gasteiger partial charge in [-0.1, -0.05) is 65.1 Å². The van der Waals surface area contributed by atoms with Gasteiger partial charge in [0.2, 0.25) is 5.91 Å². The minimum absolute atomic E-state index is 0.102. The highest BCUT2D eigenvalue weighted by molar-refractivity contribution is 6.42. The molecule has 0 saturated carbocycles. The molecule has 0 atom stereocenters. The van der Waals surface area contributed by atoms with Gasteiger partial charge in [0.15, 0.2) is 0 Å². The van der Waals surface area contributed by atoms with Crippen LogP contribution in [0.25, 0.3) is 16.8 Å². The number of aromatic nitrogens is 2. The fraction of sp³-hybridized carbons (Fsp3) is 0.0417. The third kappa shape index (κ3) is 5.37. The van der Waals surface area contributed by atoms with Crippen molar-refractivity contribution in [3.05, 3.63) is 114 Å². The van der Waals surface area contributed by atoms with Crippen LogP contribution in [0.1, 0.15) is 5.56 Å². The van der Waals surface area contributed by atoms with Crippen molar-refractivity contribution in [2.24, 2.45) is 0 Å². The second-order valence-corrected chi connectivity index (χ2v) is 8.43. The second-order valence-electron chi connectivity index (χ2n) is 7.21. The maximum absolute atomic E-state index is 12.6. The lowest BCUT2D eigenvalue weighted by atomic mass is 10.0. The molecule has 2 N–H and O–H groups in total. The van der Waals surface area contributed by atoms with Gasteiger partial charge in [-0.25, -0.2) is 4.79 Å². The van der Waals surface area contributed by atoms with Crippen molar-refractivity contribution in [1.82, 2.24) is 9.55 Å².